The van der Waals surface area contributed by atoms with Gasteiger partial charge in [-0.15, -0.1) is 0 Å². The Bertz CT molecular complexity index is 609. The third-order valence-electron chi connectivity index (χ3n) is 4.21. The zero-order valence-corrected chi connectivity index (χ0v) is 12.5. The van der Waals surface area contributed by atoms with Gasteiger partial charge in [0.1, 0.15) is 5.82 Å². The maximum absolute atomic E-state index is 5.43. The highest BCUT2D eigenvalue weighted by Gasteiger charge is 2.23. The second kappa shape index (κ2) is 5.41. The minimum absolute atomic E-state index is 0.342. The van der Waals surface area contributed by atoms with Crippen molar-refractivity contribution in [2.24, 2.45) is 0 Å². The molecule has 1 saturated heterocycles. The zero-order valence-electron chi connectivity index (χ0n) is 12.5. The van der Waals surface area contributed by atoms with Gasteiger partial charge in [0, 0.05) is 31.8 Å². The van der Waals surface area contributed by atoms with E-state index >= 15 is 0 Å². The van der Waals surface area contributed by atoms with Gasteiger partial charge in [0.2, 0.25) is 0 Å². The van der Waals surface area contributed by atoms with Gasteiger partial charge in [-0.3, -0.25) is 0 Å². The van der Waals surface area contributed by atoms with Crippen molar-refractivity contribution in [2.75, 3.05) is 25.1 Å². The summed E-state index contributed by atoms with van der Waals surface area (Å²) in [6.45, 7) is 6.43. The summed E-state index contributed by atoms with van der Waals surface area (Å²) in [4.78, 5) is 6.99. The summed E-state index contributed by atoms with van der Waals surface area (Å²) < 4.78 is 5.43. The number of ether oxygens (including phenoxy) is 1. The van der Waals surface area contributed by atoms with Crippen LogP contribution in [0.5, 0.6) is 0 Å². The van der Waals surface area contributed by atoms with E-state index in [4.69, 9.17) is 4.74 Å². The quantitative estimate of drug-likeness (QED) is 0.852. The Morgan fingerprint density at radius 1 is 1.35 bits per heavy atom. The van der Waals surface area contributed by atoms with Crippen molar-refractivity contribution in [2.45, 2.75) is 32.3 Å². The van der Waals surface area contributed by atoms with Crippen LogP contribution in [0.15, 0.2) is 30.5 Å². The number of hydrogen-bond acceptors (Lipinski definition) is 3. The Balaban J connectivity index is 1.96. The number of rotatable bonds is 3. The van der Waals surface area contributed by atoms with Crippen molar-refractivity contribution in [1.82, 2.24) is 4.98 Å². The smallest absolute Gasteiger partial charge is 0.129 e. The van der Waals surface area contributed by atoms with Crippen LogP contribution in [-0.2, 0) is 4.74 Å². The highest BCUT2D eigenvalue weighted by Crippen LogP contribution is 2.28. The Kier molecular flexibility index (Phi) is 3.62. The first-order chi connectivity index (χ1) is 9.69. The van der Waals surface area contributed by atoms with E-state index in [0.29, 0.717) is 12.0 Å². The van der Waals surface area contributed by atoms with E-state index in [2.05, 4.69) is 48.0 Å². The number of hydrogen-bond donors (Lipinski definition) is 0. The first-order valence-electron chi connectivity index (χ1n) is 7.35. The van der Waals surface area contributed by atoms with Gasteiger partial charge in [0.25, 0.3) is 0 Å². The molecule has 1 fully saturated rings. The molecule has 1 aliphatic rings. The minimum atomic E-state index is 0.342. The summed E-state index contributed by atoms with van der Waals surface area (Å²) in [6, 6.07) is 8.73. The Hall–Kier alpha value is -1.61. The van der Waals surface area contributed by atoms with Crippen molar-refractivity contribution >= 4 is 16.6 Å². The second-order valence-corrected chi connectivity index (χ2v) is 5.86. The second-order valence-electron chi connectivity index (χ2n) is 5.86. The summed E-state index contributed by atoms with van der Waals surface area (Å²) in [7, 11) is 1.79. The minimum Gasteiger partial charge on any atom is -0.380 e. The molecule has 3 nitrogen and oxygen atoms in total. The summed E-state index contributed by atoms with van der Waals surface area (Å²) in [5, 5.41) is 2.55. The molecule has 106 valence electrons. The third-order valence-corrected chi connectivity index (χ3v) is 4.21. The van der Waals surface area contributed by atoms with Crippen LogP contribution in [0.1, 0.15) is 31.7 Å². The lowest BCUT2D eigenvalue weighted by molar-refractivity contribution is 0.121. The van der Waals surface area contributed by atoms with E-state index in [1.807, 2.05) is 6.20 Å². The number of pyridine rings is 1. The van der Waals surface area contributed by atoms with Crippen molar-refractivity contribution in [3.63, 3.8) is 0 Å². The van der Waals surface area contributed by atoms with Crippen LogP contribution in [0.25, 0.3) is 10.8 Å². The fourth-order valence-corrected chi connectivity index (χ4v) is 2.99. The molecule has 0 amide bonds. The van der Waals surface area contributed by atoms with Crippen LogP contribution < -0.4 is 4.90 Å². The van der Waals surface area contributed by atoms with Gasteiger partial charge in [-0.2, -0.15) is 0 Å². The number of anilines is 1. The SMILES string of the molecule is CO[C@@H]1CCN(c2cc3cccc(C(C)C)c3cn2)C1. The van der Waals surface area contributed by atoms with E-state index in [-0.39, 0.29) is 0 Å². The van der Waals surface area contributed by atoms with Crippen molar-refractivity contribution in [3.05, 3.63) is 36.0 Å². The standard InChI is InChI=1S/C17H22N2O/c1-12(2)15-6-4-5-13-9-17(18-10-16(13)15)19-8-7-14(11-19)20-3/h4-6,9-10,12,14H,7-8,11H2,1-3H3/t14-/m1/s1. The lowest BCUT2D eigenvalue weighted by Crippen LogP contribution is -2.22. The van der Waals surface area contributed by atoms with Gasteiger partial charge < -0.3 is 9.64 Å². The molecule has 2 aromatic rings. The summed E-state index contributed by atoms with van der Waals surface area (Å²) in [6.07, 6.45) is 3.46. The molecule has 1 aliphatic heterocycles. The van der Waals surface area contributed by atoms with E-state index < -0.39 is 0 Å². The number of methoxy groups -OCH3 is 1. The van der Waals surface area contributed by atoms with E-state index in [1.165, 1.54) is 16.3 Å². The highest BCUT2D eigenvalue weighted by molar-refractivity contribution is 5.87. The molecule has 0 saturated carbocycles. The summed E-state index contributed by atoms with van der Waals surface area (Å²) in [5.74, 6) is 1.59. The van der Waals surface area contributed by atoms with Gasteiger partial charge in [-0.1, -0.05) is 32.0 Å². The molecular weight excluding hydrogens is 248 g/mol. The van der Waals surface area contributed by atoms with Crippen LogP contribution in [-0.4, -0.2) is 31.3 Å². The van der Waals surface area contributed by atoms with Crippen molar-refractivity contribution in [1.29, 1.82) is 0 Å². The highest BCUT2D eigenvalue weighted by atomic mass is 16.5. The normalized spacial score (nSPS) is 19.2. The van der Waals surface area contributed by atoms with Crippen molar-refractivity contribution in [3.8, 4) is 0 Å². The van der Waals surface area contributed by atoms with Gasteiger partial charge in [0.15, 0.2) is 0 Å². The molecule has 20 heavy (non-hydrogen) atoms. The fourth-order valence-electron chi connectivity index (χ4n) is 2.99. The van der Waals surface area contributed by atoms with Crippen LogP contribution in [0.3, 0.4) is 0 Å². The maximum Gasteiger partial charge on any atom is 0.129 e. The Morgan fingerprint density at radius 2 is 2.20 bits per heavy atom. The van der Waals surface area contributed by atoms with Crippen LogP contribution in [0.4, 0.5) is 5.82 Å². The lowest BCUT2D eigenvalue weighted by atomic mass is 9.97. The molecule has 0 bridgehead atoms. The summed E-state index contributed by atoms with van der Waals surface area (Å²) in [5.41, 5.74) is 1.37. The topological polar surface area (TPSA) is 25.4 Å². The van der Waals surface area contributed by atoms with Crippen molar-refractivity contribution < 1.29 is 4.74 Å². The van der Waals surface area contributed by atoms with E-state index in [9.17, 15) is 0 Å². The Morgan fingerprint density at radius 3 is 2.90 bits per heavy atom. The fraction of sp³-hybridized carbons (Fsp3) is 0.471. The molecule has 1 aromatic carbocycles. The Labute approximate surface area is 120 Å². The molecule has 3 heteroatoms. The largest absolute Gasteiger partial charge is 0.380 e. The predicted octanol–water partition coefficient (Wildman–Crippen LogP) is 3.58. The van der Waals surface area contributed by atoms with E-state index in [1.54, 1.807) is 7.11 Å². The molecule has 2 heterocycles. The van der Waals surface area contributed by atoms with Crippen LogP contribution in [0.2, 0.25) is 0 Å². The van der Waals surface area contributed by atoms with Crippen LogP contribution >= 0.6 is 0 Å². The number of benzene rings is 1. The molecule has 0 radical (unpaired) electrons. The molecule has 1 atom stereocenters. The predicted molar refractivity (Wildman–Crippen MR) is 83.5 cm³/mol. The molecular formula is C17H22N2O. The summed E-state index contributed by atoms with van der Waals surface area (Å²) >= 11 is 0. The molecule has 0 N–H and O–H groups in total. The average molecular weight is 270 g/mol. The maximum atomic E-state index is 5.43. The zero-order chi connectivity index (χ0) is 14.1. The number of aromatic nitrogens is 1. The van der Waals surface area contributed by atoms with Gasteiger partial charge in [-0.25, -0.2) is 4.98 Å². The van der Waals surface area contributed by atoms with Crippen LogP contribution in [0, 0.1) is 0 Å². The number of nitrogens with zero attached hydrogens (tertiary/aromatic N) is 2. The average Bonchev–Trinajstić information content (AvgIpc) is 2.94. The van der Waals surface area contributed by atoms with Gasteiger partial charge in [-0.05, 0) is 29.4 Å². The molecule has 0 aliphatic carbocycles. The molecule has 0 spiro atoms. The first kappa shape index (κ1) is 13.4. The lowest BCUT2D eigenvalue weighted by Gasteiger charge is -2.18. The van der Waals surface area contributed by atoms with Gasteiger partial charge in [0.05, 0.1) is 6.10 Å². The van der Waals surface area contributed by atoms with E-state index in [0.717, 1.165) is 25.3 Å². The molecule has 3 rings (SSSR count). The first-order valence-corrected chi connectivity index (χ1v) is 7.35. The monoisotopic (exact) mass is 270 g/mol. The molecule has 0 unspecified atom stereocenters. The molecule has 1 aromatic heterocycles. The third kappa shape index (κ3) is 2.38. The number of fused-ring (bicyclic) bond motifs is 1. The van der Waals surface area contributed by atoms with Gasteiger partial charge >= 0.3 is 0 Å².